The second-order valence-electron chi connectivity index (χ2n) is 7.48. The molecule has 4 rings (SSSR count). The summed E-state index contributed by atoms with van der Waals surface area (Å²) in [4.78, 5) is 26.4. The van der Waals surface area contributed by atoms with Crippen LogP contribution in [0.5, 0.6) is 5.75 Å². The van der Waals surface area contributed by atoms with E-state index in [1.165, 1.54) is 0 Å². The summed E-state index contributed by atoms with van der Waals surface area (Å²) in [5.74, 6) is -0.105. The number of methoxy groups -OCH3 is 1. The molecule has 0 saturated carbocycles. The molecule has 5 nitrogen and oxygen atoms in total. The maximum Gasteiger partial charge on any atom is 0.254 e. The molecule has 6 heteroatoms. The zero-order valence-corrected chi connectivity index (χ0v) is 17.7. The molecule has 2 N–H and O–H groups in total. The molecular formula is C24H23ClN2O3. The number of halogens is 1. The smallest absolute Gasteiger partial charge is 0.254 e. The Labute approximate surface area is 180 Å². The number of para-hydroxylation sites is 2. The minimum Gasteiger partial charge on any atom is -0.495 e. The molecule has 30 heavy (non-hydrogen) atoms. The molecule has 1 aliphatic heterocycles. The SMILES string of the molecule is COc1ccccc1NC(=O)C1=C(C)NC2=C(C(=O)CCC2)[C@@H]1c1cccc(Cl)c1. The largest absolute Gasteiger partial charge is 0.495 e. The first kappa shape index (κ1) is 20.2. The van der Waals surface area contributed by atoms with E-state index >= 15 is 0 Å². The van der Waals surface area contributed by atoms with Gasteiger partial charge in [0.1, 0.15) is 5.75 Å². The second-order valence-corrected chi connectivity index (χ2v) is 7.91. The van der Waals surface area contributed by atoms with Crippen molar-refractivity contribution in [3.05, 3.63) is 81.7 Å². The third-order valence-corrected chi connectivity index (χ3v) is 5.79. The molecule has 0 unspecified atom stereocenters. The van der Waals surface area contributed by atoms with Crippen molar-refractivity contribution < 1.29 is 14.3 Å². The average molecular weight is 423 g/mol. The molecule has 2 aromatic carbocycles. The number of dihydropyridines is 1. The number of amides is 1. The van der Waals surface area contributed by atoms with Crippen molar-refractivity contribution in [3.63, 3.8) is 0 Å². The third kappa shape index (κ3) is 3.73. The molecule has 0 spiro atoms. The summed E-state index contributed by atoms with van der Waals surface area (Å²) in [5, 5.41) is 6.85. The number of anilines is 1. The first-order valence-corrected chi connectivity index (χ1v) is 10.3. The highest BCUT2D eigenvalue weighted by molar-refractivity contribution is 6.30. The van der Waals surface area contributed by atoms with Crippen molar-refractivity contribution in [1.29, 1.82) is 0 Å². The number of benzene rings is 2. The van der Waals surface area contributed by atoms with Gasteiger partial charge in [-0.3, -0.25) is 9.59 Å². The average Bonchev–Trinajstić information content (AvgIpc) is 2.73. The molecule has 0 radical (unpaired) electrons. The number of allylic oxidation sites excluding steroid dienone is 3. The van der Waals surface area contributed by atoms with E-state index in [0.717, 1.165) is 29.8 Å². The summed E-state index contributed by atoms with van der Waals surface area (Å²) in [6, 6.07) is 14.6. The summed E-state index contributed by atoms with van der Waals surface area (Å²) in [6.07, 6.45) is 2.08. The summed E-state index contributed by atoms with van der Waals surface area (Å²) in [6.45, 7) is 1.87. The summed E-state index contributed by atoms with van der Waals surface area (Å²) in [5.41, 5.74) is 4.22. The number of hydrogen-bond donors (Lipinski definition) is 2. The normalized spacial score (nSPS) is 18.6. The highest BCUT2D eigenvalue weighted by Crippen LogP contribution is 2.43. The summed E-state index contributed by atoms with van der Waals surface area (Å²) < 4.78 is 5.36. The van der Waals surface area contributed by atoms with Crippen molar-refractivity contribution >= 4 is 29.0 Å². The predicted molar refractivity (Wildman–Crippen MR) is 118 cm³/mol. The van der Waals surface area contributed by atoms with Crippen molar-refractivity contribution in [3.8, 4) is 5.75 Å². The quantitative estimate of drug-likeness (QED) is 0.731. The van der Waals surface area contributed by atoms with Gasteiger partial charge in [-0.05, 0) is 49.6 Å². The van der Waals surface area contributed by atoms with Gasteiger partial charge in [0.05, 0.1) is 12.8 Å². The van der Waals surface area contributed by atoms with Gasteiger partial charge in [-0.25, -0.2) is 0 Å². The molecule has 154 valence electrons. The van der Waals surface area contributed by atoms with Crippen molar-refractivity contribution in [2.45, 2.75) is 32.1 Å². The van der Waals surface area contributed by atoms with E-state index < -0.39 is 5.92 Å². The molecular weight excluding hydrogens is 400 g/mol. The van der Waals surface area contributed by atoms with E-state index in [0.29, 0.717) is 34.0 Å². The van der Waals surface area contributed by atoms with Gasteiger partial charge in [0, 0.05) is 39.9 Å². The molecule has 1 atom stereocenters. The molecule has 0 bridgehead atoms. The first-order chi connectivity index (χ1) is 14.5. The van der Waals surface area contributed by atoms with E-state index in [9.17, 15) is 9.59 Å². The van der Waals surface area contributed by atoms with Crippen molar-refractivity contribution in [2.75, 3.05) is 12.4 Å². The topological polar surface area (TPSA) is 67.4 Å². The summed E-state index contributed by atoms with van der Waals surface area (Å²) >= 11 is 6.26. The van der Waals surface area contributed by atoms with Gasteiger partial charge in [-0.1, -0.05) is 35.9 Å². The lowest BCUT2D eigenvalue weighted by Gasteiger charge is -2.34. The van der Waals surface area contributed by atoms with Gasteiger partial charge < -0.3 is 15.4 Å². The highest BCUT2D eigenvalue weighted by atomic mass is 35.5. The molecule has 0 fully saturated rings. The number of ketones is 1. The van der Waals surface area contributed by atoms with Gasteiger partial charge in [0.25, 0.3) is 5.91 Å². The van der Waals surface area contributed by atoms with Crippen LogP contribution in [0.3, 0.4) is 0 Å². The van der Waals surface area contributed by atoms with Gasteiger partial charge in [-0.15, -0.1) is 0 Å². The molecule has 0 saturated heterocycles. The predicted octanol–water partition coefficient (Wildman–Crippen LogP) is 4.96. The number of nitrogens with one attached hydrogen (secondary N) is 2. The molecule has 2 aliphatic rings. The number of carbonyl (C=O) groups excluding carboxylic acids is 2. The Balaban J connectivity index is 1.80. The minimum atomic E-state index is -0.470. The molecule has 2 aromatic rings. The Morgan fingerprint density at radius 3 is 2.73 bits per heavy atom. The number of hydrogen-bond acceptors (Lipinski definition) is 4. The van der Waals surface area contributed by atoms with Crippen molar-refractivity contribution in [1.82, 2.24) is 5.32 Å². The van der Waals surface area contributed by atoms with Crippen LogP contribution in [-0.2, 0) is 9.59 Å². The summed E-state index contributed by atoms with van der Waals surface area (Å²) in [7, 11) is 1.56. The fourth-order valence-electron chi connectivity index (χ4n) is 4.24. The highest BCUT2D eigenvalue weighted by Gasteiger charge is 2.38. The van der Waals surface area contributed by atoms with Crippen LogP contribution in [0.25, 0.3) is 0 Å². The van der Waals surface area contributed by atoms with Crippen LogP contribution in [0.4, 0.5) is 5.69 Å². The lowest BCUT2D eigenvalue weighted by atomic mass is 9.75. The van der Waals surface area contributed by atoms with Crippen LogP contribution in [0.15, 0.2) is 71.1 Å². The van der Waals surface area contributed by atoms with Crippen LogP contribution in [-0.4, -0.2) is 18.8 Å². The van der Waals surface area contributed by atoms with Crippen molar-refractivity contribution in [2.24, 2.45) is 0 Å². The van der Waals surface area contributed by atoms with E-state index in [1.54, 1.807) is 25.3 Å². The van der Waals surface area contributed by atoms with Gasteiger partial charge in [0.15, 0.2) is 5.78 Å². The second kappa shape index (κ2) is 8.36. The van der Waals surface area contributed by atoms with E-state index in [2.05, 4.69) is 10.6 Å². The first-order valence-electron chi connectivity index (χ1n) is 9.93. The fraction of sp³-hybridized carbons (Fsp3) is 0.250. The molecule has 1 aliphatic carbocycles. The fourth-order valence-corrected chi connectivity index (χ4v) is 4.44. The Bertz CT molecular complexity index is 1090. The Morgan fingerprint density at radius 2 is 1.97 bits per heavy atom. The number of Topliss-reactive ketones (excluding diaryl/α,β-unsaturated/α-hetero) is 1. The van der Waals surface area contributed by atoms with Gasteiger partial charge >= 0.3 is 0 Å². The number of rotatable bonds is 4. The van der Waals surface area contributed by atoms with E-state index in [-0.39, 0.29) is 11.7 Å². The monoisotopic (exact) mass is 422 g/mol. The lowest BCUT2D eigenvalue weighted by molar-refractivity contribution is -0.116. The van der Waals surface area contributed by atoms with Crippen LogP contribution < -0.4 is 15.4 Å². The Hall–Kier alpha value is -3.05. The van der Waals surface area contributed by atoms with E-state index in [1.807, 2.05) is 37.3 Å². The minimum absolute atomic E-state index is 0.0730. The lowest BCUT2D eigenvalue weighted by Crippen LogP contribution is -2.35. The van der Waals surface area contributed by atoms with Crippen LogP contribution in [0, 0.1) is 0 Å². The number of carbonyl (C=O) groups is 2. The van der Waals surface area contributed by atoms with Crippen LogP contribution in [0.2, 0.25) is 5.02 Å². The standard InChI is InChI=1S/C24H23ClN2O3/c1-14-21(24(29)27-17-9-3-4-12-20(17)30-2)22(15-7-5-8-16(25)13-15)23-18(26-14)10-6-11-19(23)28/h3-5,7-9,12-13,22,26H,6,10-11H2,1-2H3,(H,27,29)/t22-/m1/s1. The maximum atomic E-state index is 13.5. The van der Waals surface area contributed by atoms with Gasteiger partial charge in [-0.2, -0.15) is 0 Å². The Morgan fingerprint density at radius 1 is 1.17 bits per heavy atom. The number of ether oxygens (including phenoxy) is 1. The zero-order valence-electron chi connectivity index (χ0n) is 16.9. The van der Waals surface area contributed by atoms with Crippen LogP contribution in [0.1, 0.15) is 37.7 Å². The zero-order chi connectivity index (χ0) is 21.3. The molecule has 0 aromatic heterocycles. The third-order valence-electron chi connectivity index (χ3n) is 5.56. The van der Waals surface area contributed by atoms with Gasteiger partial charge in [0.2, 0.25) is 0 Å². The molecule has 1 heterocycles. The Kier molecular flexibility index (Phi) is 5.64. The van der Waals surface area contributed by atoms with Crippen LogP contribution >= 0.6 is 11.6 Å². The molecule has 1 amide bonds. The maximum absolute atomic E-state index is 13.5. The van der Waals surface area contributed by atoms with E-state index in [4.69, 9.17) is 16.3 Å².